The minimum atomic E-state index is -0.168. The molecular formula is C16H25ClN2O. The average Bonchev–Trinajstić information content (AvgIpc) is 2.39. The minimum absolute atomic E-state index is 0.168. The predicted octanol–water partition coefficient (Wildman–Crippen LogP) is 5.07. The van der Waals surface area contributed by atoms with Gasteiger partial charge >= 0.3 is 6.03 Å². The van der Waals surface area contributed by atoms with Gasteiger partial charge in [-0.2, -0.15) is 0 Å². The normalized spacial score (nSPS) is 10.6. The fraction of sp³-hybridized carbons (Fsp3) is 0.562. The lowest BCUT2D eigenvalue weighted by Crippen LogP contribution is -2.30. The van der Waals surface area contributed by atoms with Crippen molar-refractivity contribution >= 4 is 23.3 Å². The Morgan fingerprint density at radius 2 is 1.90 bits per heavy atom. The molecule has 0 atom stereocenters. The Balaban J connectivity index is 2.28. The highest BCUT2D eigenvalue weighted by molar-refractivity contribution is 6.30. The SMILES string of the molecule is CCCC(CCC)CCNC(=O)Nc1cccc(Cl)c1. The van der Waals surface area contributed by atoms with Crippen molar-refractivity contribution in [2.45, 2.75) is 46.0 Å². The van der Waals surface area contributed by atoms with Crippen LogP contribution in [0.3, 0.4) is 0 Å². The van der Waals surface area contributed by atoms with Crippen LogP contribution in [0.25, 0.3) is 0 Å². The van der Waals surface area contributed by atoms with Crippen LogP contribution in [0.4, 0.5) is 10.5 Å². The van der Waals surface area contributed by atoms with E-state index in [-0.39, 0.29) is 6.03 Å². The maximum Gasteiger partial charge on any atom is 0.319 e. The Hall–Kier alpha value is -1.22. The van der Waals surface area contributed by atoms with E-state index < -0.39 is 0 Å². The van der Waals surface area contributed by atoms with Crippen LogP contribution in [0, 0.1) is 5.92 Å². The van der Waals surface area contributed by atoms with E-state index in [4.69, 9.17) is 11.6 Å². The van der Waals surface area contributed by atoms with Crippen LogP contribution in [-0.4, -0.2) is 12.6 Å². The Bertz CT molecular complexity index is 403. The molecule has 112 valence electrons. The highest BCUT2D eigenvalue weighted by Crippen LogP contribution is 2.17. The Kier molecular flexibility index (Phi) is 8.12. The fourth-order valence-electron chi connectivity index (χ4n) is 2.38. The van der Waals surface area contributed by atoms with Gasteiger partial charge in [-0.3, -0.25) is 0 Å². The Labute approximate surface area is 127 Å². The van der Waals surface area contributed by atoms with Crippen molar-refractivity contribution in [3.63, 3.8) is 0 Å². The Morgan fingerprint density at radius 1 is 1.20 bits per heavy atom. The number of halogens is 1. The third-order valence-electron chi connectivity index (χ3n) is 3.31. The molecule has 1 aromatic carbocycles. The molecule has 2 N–H and O–H groups in total. The molecule has 0 spiro atoms. The number of carbonyl (C=O) groups excluding carboxylic acids is 1. The molecule has 20 heavy (non-hydrogen) atoms. The van der Waals surface area contributed by atoms with Gasteiger partial charge < -0.3 is 10.6 Å². The second kappa shape index (κ2) is 9.65. The van der Waals surface area contributed by atoms with Crippen LogP contribution in [0.5, 0.6) is 0 Å². The van der Waals surface area contributed by atoms with Crippen LogP contribution < -0.4 is 10.6 Å². The fourth-order valence-corrected chi connectivity index (χ4v) is 2.57. The smallest absolute Gasteiger partial charge is 0.319 e. The lowest BCUT2D eigenvalue weighted by atomic mass is 9.95. The number of carbonyl (C=O) groups is 1. The average molecular weight is 297 g/mol. The summed E-state index contributed by atoms with van der Waals surface area (Å²) in [6.45, 7) is 5.14. The molecule has 0 aliphatic heterocycles. The van der Waals surface area contributed by atoms with Crippen LogP contribution in [0.2, 0.25) is 5.02 Å². The summed E-state index contributed by atoms with van der Waals surface area (Å²) in [5.74, 6) is 0.719. The zero-order valence-corrected chi connectivity index (χ0v) is 13.2. The standard InChI is InChI=1S/C16H25ClN2O/c1-3-6-13(7-4-2)10-11-18-16(20)19-15-9-5-8-14(17)12-15/h5,8-9,12-13H,3-4,6-7,10-11H2,1-2H3,(H2,18,19,20). The van der Waals surface area contributed by atoms with E-state index in [1.54, 1.807) is 12.1 Å². The monoisotopic (exact) mass is 296 g/mol. The molecule has 3 nitrogen and oxygen atoms in total. The van der Waals surface area contributed by atoms with E-state index in [0.717, 1.165) is 18.9 Å². The lowest BCUT2D eigenvalue weighted by Gasteiger charge is -2.15. The van der Waals surface area contributed by atoms with Gasteiger partial charge in [-0.05, 0) is 30.5 Å². The second-order valence-corrected chi connectivity index (χ2v) is 5.56. The molecule has 0 bridgehead atoms. The van der Waals surface area contributed by atoms with Crippen molar-refractivity contribution in [1.82, 2.24) is 5.32 Å². The minimum Gasteiger partial charge on any atom is -0.338 e. The number of nitrogens with one attached hydrogen (secondary N) is 2. The third-order valence-corrected chi connectivity index (χ3v) is 3.55. The first kappa shape index (κ1) is 16.8. The topological polar surface area (TPSA) is 41.1 Å². The molecule has 0 fully saturated rings. The highest BCUT2D eigenvalue weighted by Gasteiger charge is 2.07. The van der Waals surface area contributed by atoms with E-state index in [1.165, 1.54) is 25.7 Å². The first-order valence-electron chi connectivity index (χ1n) is 7.46. The molecule has 0 radical (unpaired) electrons. The number of hydrogen-bond acceptors (Lipinski definition) is 1. The van der Waals surface area contributed by atoms with E-state index in [0.29, 0.717) is 10.7 Å². The van der Waals surface area contributed by atoms with Gasteiger partial charge in [0.25, 0.3) is 0 Å². The molecule has 2 amide bonds. The van der Waals surface area contributed by atoms with Crippen molar-refractivity contribution in [2.24, 2.45) is 5.92 Å². The summed E-state index contributed by atoms with van der Waals surface area (Å²) < 4.78 is 0. The first-order chi connectivity index (χ1) is 9.65. The molecule has 0 heterocycles. The summed E-state index contributed by atoms with van der Waals surface area (Å²) in [7, 11) is 0. The van der Waals surface area contributed by atoms with Crippen molar-refractivity contribution < 1.29 is 4.79 Å². The van der Waals surface area contributed by atoms with Gasteiger partial charge in [-0.1, -0.05) is 57.2 Å². The summed E-state index contributed by atoms with van der Waals surface area (Å²) in [5, 5.41) is 6.31. The number of benzene rings is 1. The van der Waals surface area contributed by atoms with Crippen LogP contribution in [0.15, 0.2) is 24.3 Å². The van der Waals surface area contributed by atoms with Crippen LogP contribution in [0.1, 0.15) is 46.0 Å². The summed E-state index contributed by atoms with van der Waals surface area (Å²) in [6.07, 6.45) is 5.94. The molecule has 1 rings (SSSR count). The van der Waals surface area contributed by atoms with Gasteiger partial charge in [0.15, 0.2) is 0 Å². The molecule has 1 aromatic rings. The van der Waals surface area contributed by atoms with Gasteiger partial charge in [0, 0.05) is 17.3 Å². The highest BCUT2D eigenvalue weighted by atomic mass is 35.5. The summed E-state index contributed by atoms with van der Waals surface area (Å²) in [4.78, 5) is 11.8. The van der Waals surface area contributed by atoms with Gasteiger partial charge in [0.05, 0.1) is 0 Å². The molecule has 0 saturated carbocycles. The van der Waals surface area contributed by atoms with E-state index >= 15 is 0 Å². The maximum absolute atomic E-state index is 11.8. The van der Waals surface area contributed by atoms with Crippen molar-refractivity contribution in [2.75, 3.05) is 11.9 Å². The molecule has 0 aliphatic rings. The van der Waals surface area contributed by atoms with Crippen LogP contribution >= 0.6 is 11.6 Å². The molecule has 0 aromatic heterocycles. The first-order valence-corrected chi connectivity index (χ1v) is 7.83. The number of amides is 2. The molecular weight excluding hydrogens is 272 g/mol. The number of urea groups is 1. The third kappa shape index (κ3) is 6.80. The van der Waals surface area contributed by atoms with Crippen molar-refractivity contribution in [3.8, 4) is 0 Å². The van der Waals surface area contributed by atoms with E-state index in [2.05, 4.69) is 24.5 Å². The molecule has 0 saturated heterocycles. The van der Waals surface area contributed by atoms with Gasteiger partial charge in [0.2, 0.25) is 0 Å². The Morgan fingerprint density at radius 3 is 2.50 bits per heavy atom. The predicted molar refractivity (Wildman–Crippen MR) is 86.4 cm³/mol. The largest absolute Gasteiger partial charge is 0.338 e. The van der Waals surface area contributed by atoms with Gasteiger partial charge in [-0.15, -0.1) is 0 Å². The van der Waals surface area contributed by atoms with Crippen molar-refractivity contribution in [1.29, 1.82) is 0 Å². The summed E-state index contributed by atoms with van der Waals surface area (Å²) in [6, 6.07) is 6.99. The van der Waals surface area contributed by atoms with Gasteiger partial charge in [-0.25, -0.2) is 4.79 Å². The number of rotatable bonds is 8. The molecule has 4 heteroatoms. The number of anilines is 1. The quantitative estimate of drug-likeness (QED) is 0.691. The summed E-state index contributed by atoms with van der Waals surface area (Å²) in [5.41, 5.74) is 0.716. The van der Waals surface area contributed by atoms with Gasteiger partial charge in [0.1, 0.15) is 0 Å². The van der Waals surface area contributed by atoms with Crippen LogP contribution in [-0.2, 0) is 0 Å². The lowest BCUT2D eigenvalue weighted by molar-refractivity contribution is 0.251. The second-order valence-electron chi connectivity index (χ2n) is 5.12. The van der Waals surface area contributed by atoms with E-state index in [1.807, 2.05) is 12.1 Å². The zero-order chi connectivity index (χ0) is 14.8. The maximum atomic E-state index is 11.8. The number of hydrogen-bond donors (Lipinski definition) is 2. The van der Waals surface area contributed by atoms with E-state index in [9.17, 15) is 4.79 Å². The molecule has 0 unspecified atom stereocenters. The van der Waals surface area contributed by atoms with Crippen molar-refractivity contribution in [3.05, 3.63) is 29.3 Å². The summed E-state index contributed by atoms with van der Waals surface area (Å²) >= 11 is 5.87. The zero-order valence-electron chi connectivity index (χ0n) is 12.4. The molecule has 0 aliphatic carbocycles.